The molecule has 1 heterocycles. The third-order valence-corrected chi connectivity index (χ3v) is 1.44. The van der Waals surface area contributed by atoms with E-state index in [1.54, 1.807) is 0 Å². The van der Waals surface area contributed by atoms with Gasteiger partial charge < -0.3 is 19.7 Å². The van der Waals surface area contributed by atoms with E-state index in [1.165, 1.54) is 0 Å². The Bertz CT molecular complexity index is 138. The first-order chi connectivity index (χ1) is 4.74. The molecule has 1 fully saturated rings. The Morgan fingerprint density at radius 2 is 2.50 bits per heavy atom. The Balaban J connectivity index is 2.36. The van der Waals surface area contributed by atoms with Crippen LogP contribution in [0.4, 0.5) is 0 Å². The van der Waals surface area contributed by atoms with E-state index in [0.29, 0.717) is 0 Å². The lowest BCUT2D eigenvalue weighted by molar-refractivity contribution is 0.00672. The minimum atomic E-state index is -0.902. The highest BCUT2D eigenvalue weighted by atomic mass is 32.1. The zero-order valence-corrected chi connectivity index (χ0v) is 6.00. The van der Waals surface area contributed by atoms with E-state index in [-0.39, 0.29) is 18.5 Å². The summed E-state index contributed by atoms with van der Waals surface area (Å²) in [5, 5.41) is 17.5. The number of ether oxygens (including phenoxy) is 2. The van der Waals surface area contributed by atoms with E-state index in [0.717, 1.165) is 0 Å². The fourth-order valence-electron chi connectivity index (χ4n) is 0.649. The Morgan fingerprint density at radius 3 is 2.90 bits per heavy atom. The third kappa shape index (κ3) is 1.56. The average Bonchev–Trinajstić information content (AvgIpc) is 2.34. The van der Waals surface area contributed by atoms with E-state index in [1.807, 2.05) is 0 Å². The van der Waals surface area contributed by atoms with Gasteiger partial charge in [0.25, 0.3) is 0 Å². The summed E-state index contributed by atoms with van der Waals surface area (Å²) < 4.78 is 9.54. The van der Waals surface area contributed by atoms with Crippen LogP contribution in [0.2, 0.25) is 0 Å². The topological polar surface area (TPSA) is 58.9 Å². The second-order valence-corrected chi connectivity index (χ2v) is 2.30. The highest BCUT2D eigenvalue weighted by Gasteiger charge is 2.28. The van der Waals surface area contributed by atoms with Crippen molar-refractivity contribution in [1.29, 1.82) is 0 Å². The number of hydrogen-bond acceptors (Lipinski definition) is 5. The molecule has 1 rings (SSSR count). The SMILES string of the molecule is OCC(O)C1COC(=S)O1. The van der Waals surface area contributed by atoms with Gasteiger partial charge in [0.05, 0.1) is 6.61 Å². The second kappa shape index (κ2) is 3.14. The van der Waals surface area contributed by atoms with E-state index < -0.39 is 12.2 Å². The van der Waals surface area contributed by atoms with Gasteiger partial charge in [0.1, 0.15) is 12.7 Å². The molecule has 2 unspecified atom stereocenters. The molecule has 1 saturated heterocycles. The van der Waals surface area contributed by atoms with E-state index in [4.69, 9.17) is 19.7 Å². The van der Waals surface area contributed by atoms with Gasteiger partial charge in [-0.15, -0.1) is 0 Å². The van der Waals surface area contributed by atoms with Crippen molar-refractivity contribution in [2.24, 2.45) is 0 Å². The van der Waals surface area contributed by atoms with Crippen LogP contribution in [0.1, 0.15) is 0 Å². The van der Waals surface area contributed by atoms with Gasteiger partial charge in [0, 0.05) is 12.2 Å². The molecule has 4 nitrogen and oxygen atoms in total. The van der Waals surface area contributed by atoms with Gasteiger partial charge in [0.2, 0.25) is 0 Å². The van der Waals surface area contributed by atoms with Crippen LogP contribution in [0.15, 0.2) is 0 Å². The van der Waals surface area contributed by atoms with Crippen molar-refractivity contribution in [3.63, 3.8) is 0 Å². The van der Waals surface area contributed by atoms with Gasteiger partial charge in [0.15, 0.2) is 6.10 Å². The molecule has 58 valence electrons. The van der Waals surface area contributed by atoms with Gasteiger partial charge in [-0.1, -0.05) is 0 Å². The van der Waals surface area contributed by atoms with Gasteiger partial charge in [-0.25, -0.2) is 0 Å². The lowest BCUT2D eigenvalue weighted by Gasteiger charge is -2.10. The Labute approximate surface area is 63.4 Å². The molecule has 0 spiro atoms. The molecule has 1 aliphatic heterocycles. The van der Waals surface area contributed by atoms with Crippen LogP contribution < -0.4 is 0 Å². The number of rotatable bonds is 2. The first-order valence-corrected chi connectivity index (χ1v) is 3.27. The number of aliphatic hydroxyl groups excluding tert-OH is 2. The Kier molecular flexibility index (Phi) is 2.42. The molecule has 0 aliphatic carbocycles. The molecule has 2 N–H and O–H groups in total. The van der Waals surface area contributed by atoms with Crippen molar-refractivity contribution < 1.29 is 19.7 Å². The van der Waals surface area contributed by atoms with Crippen LogP contribution in [0.3, 0.4) is 0 Å². The van der Waals surface area contributed by atoms with Crippen molar-refractivity contribution in [3.05, 3.63) is 0 Å². The largest absolute Gasteiger partial charge is 0.453 e. The minimum Gasteiger partial charge on any atom is -0.453 e. The molecule has 1 aliphatic rings. The summed E-state index contributed by atoms with van der Waals surface area (Å²) >= 11 is 4.53. The van der Waals surface area contributed by atoms with Crippen molar-refractivity contribution in [2.45, 2.75) is 12.2 Å². The zero-order valence-electron chi connectivity index (χ0n) is 5.19. The quantitative estimate of drug-likeness (QED) is 0.515. The Hall–Kier alpha value is -0.390. The van der Waals surface area contributed by atoms with Crippen LogP contribution in [0.25, 0.3) is 0 Å². The van der Waals surface area contributed by atoms with Crippen LogP contribution in [0, 0.1) is 0 Å². The maximum atomic E-state index is 8.96. The van der Waals surface area contributed by atoms with Gasteiger partial charge in [-0.05, 0) is 0 Å². The second-order valence-electron chi connectivity index (χ2n) is 1.97. The number of thiocarbonyl (C=S) groups is 1. The fourth-order valence-corrected chi connectivity index (χ4v) is 0.841. The highest BCUT2D eigenvalue weighted by molar-refractivity contribution is 7.79. The third-order valence-electron chi connectivity index (χ3n) is 1.23. The summed E-state index contributed by atoms with van der Waals surface area (Å²) in [5.74, 6) is 0. The molecule has 0 amide bonds. The molecule has 0 saturated carbocycles. The lowest BCUT2D eigenvalue weighted by atomic mass is 10.2. The van der Waals surface area contributed by atoms with Crippen molar-refractivity contribution in [1.82, 2.24) is 0 Å². The predicted octanol–water partition coefficient (Wildman–Crippen LogP) is -0.960. The standard InChI is InChI=1S/C5H8O4S/c6-1-3(7)4-2-8-5(10)9-4/h3-4,6-7H,1-2H2. The molecule has 2 atom stereocenters. The number of hydrogen-bond donors (Lipinski definition) is 2. The van der Waals surface area contributed by atoms with E-state index >= 15 is 0 Å². The van der Waals surface area contributed by atoms with Crippen LogP contribution in [0.5, 0.6) is 0 Å². The van der Waals surface area contributed by atoms with Crippen molar-refractivity contribution in [3.8, 4) is 0 Å². The van der Waals surface area contributed by atoms with Crippen molar-refractivity contribution in [2.75, 3.05) is 13.2 Å². The summed E-state index contributed by atoms with van der Waals surface area (Å²) in [6.45, 7) is -0.114. The first kappa shape index (κ1) is 7.71. The maximum Gasteiger partial charge on any atom is 0.352 e. The van der Waals surface area contributed by atoms with Crippen LogP contribution in [-0.2, 0) is 9.47 Å². The first-order valence-electron chi connectivity index (χ1n) is 2.86. The average molecular weight is 164 g/mol. The van der Waals surface area contributed by atoms with Gasteiger partial charge in [-0.2, -0.15) is 0 Å². The Morgan fingerprint density at radius 1 is 1.80 bits per heavy atom. The predicted molar refractivity (Wildman–Crippen MR) is 36.5 cm³/mol. The molecule has 0 aromatic carbocycles. The lowest BCUT2D eigenvalue weighted by Crippen LogP contribution is -2.31. The summed E-state index contributed by atoms with van der Waals surface area (Å²) in [7, 11) is 0. The van der Waals surface area contributed by atoms with Gasteiger partial charge in [-0.3, -0.25) is 0 Å². The van der Waals surface area contributed by atoms with Crippen molar-refractivity contribution >= 4 is 17.5 Å². The van der Waals surface area contributed by atoms with Crippen LogP contribution in [-0.4, -0.2) is 40.9 Å². The summed E-state index contributed by atoms with van der Waals surface area (Å²) in [4.78, 5) is 0. The maximum absolute atomic E-state index is 8.96. The van der Waals surface area contributed by atoms with Gasteiger partial charge >= 0.3 is 5.24 Å². The molecular formula is C5H8O4S. The smallest absolute Gasteiger partial charge is 0.352 e. The fraction of sp³-hybridized carbons (Fsp3) is 0.800. The molecule has 0 radical (unpaired) electrons. The zero-order chi connectivity index (χ0) is 7.56. The number of aliphatic hydroxyl groups is 2. The molecule has 0 aromatic heterocycles. The summed E-state index contributed by atoms with van der Waals surface area (Å²) in [6.07, 6.45) is -1.40. The monoisotopic (exact) mass is 164 g/mol. The molecule has 5 heteroatoms. The van der Waals surface area contributed by atoms with E-state index in [2.05, 4.69) is 12.2 Å². The molecular weight excluding hydrogens is 156 g/mol. The van der Waals surface area contributed by atoms with E-state index in [9.17, 15) is 0 Å². The van der Waals surface area contributed by atoms with Crippen LogP contribution >= 0.6 is 12.2 Å². The molecule has 0 bridgehead atoms. The molecule has 0 aromatic rings. The highest BCUT2D eigenvalue weighted by Crippen LogP contribution is 2.09. The normalized spacial score (nSPS) is 27.4. The summed E-state index contributed by atoms with van der Waals surface area (Å²) in [5.41, 5.74) is 0. The molecule has 10 heavy (non-hydrogen) atoms. The minimum absolute atomic E-state index is 0.0394. The summed E-state index contributed by atoms with van der Waals surface area (Å²) in [6, 6.07) is 0.